The van der Waals surface area contributed by atoms with Gasteiger partial charge >= 0.3 is 5.97 Å². The number of nitrogens with one attached hydrogen (secondary N) is 1. The highest BCUT2D eigenvalue weighted by atomic mass is 35.5. The van der Waals surface area contributed by atoms with Gasteiger partial charge in [-0.15, -0.1) is 37.2 Å². The molecule has 1 aliphatic rings. The van der Waals surface area contributed by atoms with Crippen LogP contribution in [0.5, 0.6) is 0 Å². The number of rotatable bonds is 6. The number of aromatic nitrogens is 1. The molecule has 1 fully saturated rings. The van der Waals surface area contributed by atoms with Crippen molar-refractivity contribution in [2.75, 3.05) is 42.3 Å². The topological polar surface area (TPSA) is 103 Å². The van der Waals surface area contributed by atoms with Crippen molar-refractivity contribution in [2.45, 2.75) is 11.8 Å². The van der Waals surface area contributed by atoms with Gasteiger partial charge in [-0.05, 0) is 42.9 Å². The van der Waals surface area contributed by atoms with Crippen molar-refractivity contribution >= 4 is 87.2 Å². The number of carboxylic acids is 1. The van der Waals surface area contributed by atoms with Crippen molar-refractivity contribution < 1.29 is 18.3 Å². The van der Waals surface area contributed by atoms with Crippen molar-refractivity contribution in [3.8, 4) is 0 Å². The fraction of sp³-hybridized carbons (Fsp3) is 0.273. The molecule has 35 heavy (non-hydrogen) atoms. The van der Waals surface area contributed by atoms with Crippen molar-refractivity contribution in [1.82, 2.24) is 9.88 Å². The molecule has 0 saturated carbocycles. The summed E-state index contributed by atoms with van der Waals surface area (Å²) in [5.41, 5.74) is 0.784. The molecular formula is C22H26Cl4N4O4S. The summed E-state index contributed by atoms with van der Waals surface area (Å²) in [5.74, 6) is -0.494. The van der Waals surface area contributed by atoms with Gasteiger partial charge in [-0.3, -0.25) is 4.72 Å². The molecule has 0 amide bonds. The van der Waals surface area contributed by atoms with Gasteiger partial charge in [-0.25, -0.2) is 18.2 Å². The van der Waals surface area contributed by atoms with Crippen molar-refractivity contribution in [1.29, 1.82) is 0 Å². The van der Waals surface area contributed by atoms with Gasteiger partial charge in [0.15, 0.2) is 0 Å². The van der Waals surface area contributed by atoms with Crippen LogP contribution < -0.4 is 9.62 Å². The number of carbonyl (C=O) groups is 1. The number of carboxylic acid groups (broad SMARTS) is 1. The Hall–Kier alpha value is -2.01. The number of likely N-dealkylation sites (N-methyl/N-ethyl adjacent to an activating group) is 1. The van der Waals surface area contributed by atoms with E-state index in [9.17, 15) is 18.3 Å². The molecule has 8 nitrogen and oxygen atoms in total. The zero-order chi connectivity index (χ0) is 22.9. The first kappa shape index (κ1) is 31.0. The highest BCUT2D eigenvalue weighted by molar-refractivity contribution is 7.92. The summed E-state index contributed by atoms with van der Waals surface area (Å²) in [4.78, 5) is 21.0. The highest BCUT2D eigenvalue weighted by Crippen LogP contribution is 2.29. The molecule has 0 spiro atoms. The molecule has 0 unspecified atom stereocenters. The second kappa shape index (κ2) is 12.8. The maximum absolute atomic E-state index is 12.8. The first-order valence-corrected chi connectivity index (χ1v) is 12.1. The summed E-state index contributed by atoms with van der Waals surface area (Å²) >= 11 is 6.03. The first-order chi connectivity index (χ1) is 15.3. The Morgan fingerprint density at radius 1 is 1.06 bits per heavy atom. The van der Waals surface area contributed by atoms with E-state index in [0.717, 1.165) is 32.7 Å². The maximum Gasteiger partial charge on any atom is 0.336 e. The molecule has 0 radical (unpaired) electrons. The van der Waals surface area contributed by atoms with E-state index in [-0.39, 0.29) is 58.4 Å². The van der Waals surface area contributed by atoms with Crippen LogP contribution >= 0.6 is 48.8 Å². The average molecular weight is 584 g/mol. The normalized spacial score (nSPS) is 13.8. The number of anilines is 2. The minimum atomic E-state index is -3.94. The lowest BCUT2D eigenvalue weighted by Crippen LogP contribution is -2.46. The largest absolute Gasteiger partial charge is 0.478 e. The zero-order valence-corrected chi connectivity index (χ0v) is 22.7. The van der Waals surface area contributed by atoms with Crippen LogP contribution in [-0.2, 0) is 10.0 Å². The number of aromatic carboxylic acids is 1. The minimum absolute atomic E-state index is 0. The van der Waals surface area contributed by atoms with Crippen LogP contribution in [0, 0.1) is 0 Å². The molecule has 192 valence electrons. The van der Waals surface area contributed by atoms with E-state index in [4.69, 9.17) is 11.6 Å². The molecule has 2 N–H and O–H groups in total. The fourth-order valence-electron chi connectivity index (χ4n) is 3.78. The Labute approximate surface area is 227 Å². The molecule has 1 aliphatic heterocycles. The maximum atomic E-state index is 12.8. The van der Waals surface area contributed by atoms with Gasteiger partial charge in [-0.1, -0.05) is 30.7 Å². The van der Waals surface area contributed by atoms with Crippen molar-refractivity contribution in [3.05, 3.63) is 59.1 Å². The van der Waals surface area contributed by atoms with Gasteiger partial charge in [0.25, 0.3) is 10.0 Å². The predicted molar refractivity (Wildman–Crippen MR) is 147 cm³/mol. The predicted octanol–water partition coefficient (Wildman–Crippen LogP) is 4.79. The van der Waals surface area contributed by atoms with Gasteiger partial charge in [0.2, 0.25) is 0 Å². The fourth-order valence-corrected chi connectivity index (χ4v) is 5.35. The molecular weight excluding hydrogens is 558 g/mol. The third-order valence-electron chi connectivity index (χ3n) is 5.55. The number of benzene rings is 2. The van der Waals surface area contributed by atoms with Crippen molar-refractivity contribution in [3.63, 3.8) is 0 Å². The second-order valence-electron chi connectivity index (χ2n) is 7.52. The van der Waals surface area contributed by atoms with Crippen LogP contribution in [0.2, 0.25) is 5.02 Å². The third-order valence-corrected chi connectivity index (χ3v) is 7.43. The molecule has 1 saturated heterocycles. The van der Waals surface area contributed by atoms with Crippen LogP contribution in [0.1, 0.15) is 17.3 Å². The number of hydrogen-bond donors (Lipinski definition) is 2. The average Bonchev–Trinajstić information content (AvgIpc) is 2.78. The smallest absolute Gasteiger partial charge is 0.336 e. The standard InChI is InChI=1S/C22H23ClN4O4S.3ClH/c1-2-26-9-11-27(12-10-26)21-14-17(22(28)29)16-13-15(7-8-19(16)24-21)25-32(30,31)20-6-4-3-5-18(20)23;;;/h3-8,13-14,25H,2,9-12H2,1H3,(H,28,29);3*1H. The lowest BCUT2D eigenvalue weighted by atomic mass is 10.1. The third kappa shape index (κ3) is 6.81. The Kier molecular flexibility index (Phi) is 11.3. The van der Waals surface area contributed by atoms with E-state index in [0.29, 0.717) is 16.7 Å². The van der Waals surface area contributed by atoms with Crippen LogP contribution in [0.4, 0.5) is 11.5 Å². The highest BCUT2D eigenvalue weighted by Gasteiger charge is 2.22. The second-order valence-corrected chi connectivity index (χ2v) is 9.58. The van der Waals surface area contributed by atoms with E-state index in [1.54, 1.807) is 30.3 Å². The number of nitrogens with zero attached hydrogens (tertiary/aromatic N) is 3. The van der Waals surface area contributed by atoms with Crippen LogP contribution in [0.25, 0.3) is 10.9 Å². The molecule has 13 heteroatoms. The number of fused-ring (bicyclic) bond motifs is 1. The van der Waals surface area contributed by atoms with Gasteiger partial charge in [0.05, 0.1) is 16.1 Å². The van der Waals surface area contributed by atoms with Gasteiger partial charge in [0.1, 0.15) is 10.7 Å². The zero-order valence-electron chi connectivity index (χ0n) is 18.7. The summed E-state index contributed by atoms with van der Waals surface area (Å²) < 4.78 is 28.0. The summed E-state index contributed by atoms with van der Waals surface area (Å²) in [7, 11) is -3.94. The van der Waals surface area contributed by atoms with Crippen LogP contribution in [0.3, 0.4) is 0 Å². The van der Waals surface area contributed by atoms with Crippen LogP contribution in [0.15, 0.2) is 53.4 Å². The Morgan fingerprint density at radius 3 is 2.31 bits per heavy atom. The summed E-state index contributed by atoms with van der Waals surface area (Å²) in [6.45, 7) is 6.40. The minimum Gasteiger partial charge on any atom is -0.478 e. The number of sulfonamides is 1. The molecule has 0 atom stereocenters. The molecule has 3 aromatic rings. The van der Waals surface area contributed by atoms with Gasteiger partial charge in [-0.2, -0.15) is 0 Å². The number of piperazine rings is 1. The molecule has 4 rings (SSSR count). The monoisotopic (exact) mass is 582 g/mol. The van der Waals surface area contributed by atoms with E-state index in [1.165, 1.54) is 18.2 Å². The first-order valence-electron chi connectivity index (χ1n) is 10.2. The van der Waals surface area contributed by atoms with E-state index in [2.05, 4.69) is 26.4 Å². The van der Waals surface area contributed by atoms with E-state index < -0.39 is 16.0 Å². The lowest BCUT2D eigenvalue weighted by Gasteiger charge is -2.35. The molecule has 0 bridgehead atoms. The molecule has 2 aromatic carbocycles. The Bertz CT molecular complexity index is 1290. The molecule has 2 heterocycles. The quantitative estimate of drug-likeness (QED) is 0.430. The van der Waals surface area contributed by atoms with Crippen LogP contribution in [-0.4, -0.2) is 62.1 Å². The summed E-state index contributed by atoms with van der Waals surface area (Å²) in [6, 6.07) is 12.3. The SMILES string of the molecule is CCN1CCN(c2cc(C(=O)O)c3cc(NS(=O)(=O)c4ccccc4Cl)ccc3n2)CC1.Cl.Cl.Cl. The van der Waals surface area contributed by atoms with Crippen molar-refractivity contribution in [2.24, 2.45) is 0 Å². The number of halogens is 4. The van der Waals surface area contributed by atoms with Gasteiger partial charge in [0, 0.05) is 37.3 Å². The number of pyridine rings is 1. The lowest BCUT2D eigenvalue weighted by molar-refractivity contribution is 0.0699. The summed E-state index contributed by atoms with van der Waals surface area (Å²) in [5, 5.41) is 10.3. The molecule has 1 aromatic heterocycles. The Morgan fingerprint density at radius 2 is 1.71 bits per heavy atom. The number of hydrogen-bond acceptors (Lipinski definition) is 6. The summed E-state index contributed by atoms with van der Waals surface area (Å²) in [6.07, 6.45) is 0. The van der Waals surface area contributed by atoms with E-state index >= 15 is 0 Å². The van der Waals surface area contributed by atoms with Gasteiger partial charge < -0.3 is 14.9 Å². The van der Waals surface area contributed by atoms with E-state index in [1.807, 2.05) is 0 Å². The Balaban J connectivity index is 0.00000204. The molecule has 0 aliphatic carbocycles.